The molecule has 0 saturated carbocycles. The summed E-state index contributed by atoms with van der Waals surface area (Å²) in [4.78, 5) is 25.2. The molecular formula is C16H20N2O4. The van der Waals surface area contributed by atoms with Crippen LogP contribution in [-0.2, 0) is 14.3 Å². The van der Waals surface area contributed by atoms with Crippen molar-refractivity contribution in [3.63, 3.8) is 0 Å². The number of carbonyl (C=O) groups is 2. The van der Waals surface area contributed by atoms with Crippen LogP contribution in [0.4, 0.5) is 0 Å². The van der Waals surface area contributed by atoms with E-state index in [4.69, 9.17) is 14.7 Å². The predicted molar refractivity (Wildman–Crippen MR) is 80.1 cm³/mol. The highest BCUT2D eigenvalue weighted by molar-refractivity contribution is 5.85. The minimum Gasteiger partial charge on any atom is -0.480 e. The first-order chi connectivity index (χ1) is 10.5. The maximum atomic E-state index is 12.3. The van der Waals surface area contributed by atoms with Gasteiger partial charge in [0.1, 0.15) is 18.4 Å². The number of para-hydroxylation sites is 1. The summed E-state index contributed by atoms with van der Waals surface area (Å²) in [6.07, 6.45) is -0.802. The van der Waals surface area contributed by atoms with E-state index in [1.807, 2.05) is 6.07 Å². The topological polar surface area (TPSA) is 79.6 Å². The van der Waals surface area contributed by atoms with Gasteiger partial charge in [-0.05, 0) is 32.9 Å². The molecule has 0 saturated heterocycles. The van der Waals surface area contributed by atoms with Crippen molar-refractivity contribution in [3.8, 4) is 11.8 Å². The minimum atomic E-state index is -0.802. The Hall–Kier alpha value is -2.55. The molecule has 1 rings (SSSR count). The van der Waals surface area contributed by atoms with Gasteiger partial charge in [0.25, 0.3) is 5.91 Å². The number of ether oxygens (including phenoxy) is 2. The predicted octanol–water partition coefficient (Wildman–Crippen LogP) is 1.74. The van der Waals surface area contributed by atoms with Crippen molar-refractivity contribution in [3.05, 3.63) is 29.8 Å². The third-order valence-electron chi connectivity index (χ3n) is 2.98. The van der Waals surface area contributed by atoms with Crippen molar-refractivity contribution in [2.24, 2.45) is 0 Å². The Labute approximate surface area is 130 Å². The summed E-state index contributed by atoms with van der Waals surface area (Å²) in [6.45, 7) is 5.59. The number of rotatable bonds is 7. The van der Waals surface area contributed by atoms with Crippen molar-refractivity contribution in [2.75, 3.05) is 19.7 Å². The van der Waals surface area contributed by atoms with Gasteiger partial charge >= 0.3 is 5.97 Å². The smallest absolute Gasteiger partial charge is 0.325 e. The Balaban J connectivity index is 2.74. The second kappa shape index (κ2) is 8.67. The number of nitrogens with zero attached hydrogens (tertiary/aromatic N) is 2. The number of esters is 1. The van der Waals surface area contributed by atoms with E-state index >= 15 is 0 Å². The van der Waals surface area contributed by atoms with Crippen LogP contribution >= 0.6 is 0 Å². The first-order valence-electron chi connectivity index (χ1n) is 7.13. The van der Waals surface area contributed by atoms with Gasteiger partial charge in [0.05, 0.1) is 12.2 Å². The van der Waals surface area contributed by atoms with E-state index in [2.05, 4.69) is 0 Å². The molecular weight excluding hydrogens is 284 g/mol. The lowest BCUT2D eigenvalue weighted by Crippen LogP contribution is -2.43. The highest BCUT2D eigenvalue weighted by atomic mass is 16.5. The second-order valence-corrected chi connectivity index (χ2v) is 4.53. The van der Waals surface area contributed by atoms with Crippen LogP contribution in [0.3, 0.4) is 0 Å². The number of amides is 1. The second-order valence-electron chi connectivity index (χ2n) is 4.53. The average Bonchev–Trinajstić information content (AvgIpc) is 2.52. The molecule has 6 heteroatoms. The Kier molecular flexibility index (Phi) is 6.90. The van der Waals surface area contributed by atoms with E-state index in [1.54, 1.807) is 45.0 Å². The fourth-order valence-electron chi connectivity index (χ4n) is 1.87. The molecule has 1 aromatic rings. The van der Waals surface area contributed by atoms with Gasteiger partial charge in [0, 0.05) is 6.54 Å². The number of nitriles is 1. The Morgan fingerprint density at radius 2 is 2.00 bits per heavy atom. The minimum absolute atomic E-state index is 0.114. The van der Waals surface area contributed by atoms with Crippen LogP contribution in [0.1, 0.15) is 26.3 Å². The summed E-state index contributed by atoms with van der Waals surface area (Å²) in [5, 5.41) is 9.02. The summed E-state index contributed by atoms with van der Waals surface area (Å²) in [5.41, 5.74) is 0.357. The lowest BCUT2D eigenvalue weighted by atomic mass is 10.2. The number of hydrogen-bond donors (Lipinski definition) is 0. The molecule has 0 fully saturated rings. The molecule has 0 aromatic heterocycles. The molecule has 0 heterocycles. The zero-order valence-corrected chi connectivity index (χ0v) is 13.0. The summed E-state index contributed by atoms with van der Waals surface area (Å²) in [6, 6.07) is 8.70. The van der Waals surface area contributed by atoms with E-state index in [1.165, 1.54) is 4.90 Å². The van der Waals surface area contributed by atoms with E-state index in [0.717, 1.165) is 0 Å². The van der Waals surface area contributed by atoms with Crippen LogP contribution in [0.15, 0.2) is 24.3 Å². The van der Waals surface area contributed by atoms with Gasteiger partial charge < -0.3 is 14.4 Å². The van der Waals surface area contributed by atoms with Crippen LogP contribution in [0.5, 0.6) is 5.75 Å². The molecule has 1 amide bonds. The molecule has 0 aliphatic carbocycles. The maximum Gasteiger partial charge on any atom is 0.325 e. The molecule has 1 atom stereocenters. The van der Waals surface area contributed by atoms with E-state index < -0.39 is 12.1 Å². The molecule has 0 aliphatic heterocycles. The number of hydrogen-bond acceptors (Lipinski definition) is 5. The Morgan fingerprint density at radius 1 is 1.32 bits per heavy atom. The highest BCUT2D eigenvalue weighted by Gasteiger charge is 2.24. The summed E-state index contributed by atoms with van der Waals surface area (Å²) in [5.74, 6) is -0.441. The molecule has 0 radical (unpaired) electrons. The number of carbonyl (C=O) groups excluding carboxylic acids is 2. The fourth-order valence-corrected chi connectivity index (χ4v) is 1.87. The maximum absolute atomic E-state index is 12.3. The monoisotopic (exact) mass is 304 g/mol. The SMILES string of the molecule is CCOC(=O)CN(CC)C(=O)C(C)Oc1ccccc1C#N. The standard InChI is InChI=1S/C16H20N2O4/c1-4-18(11-15(19)21-5-2)16(20)12(3)22-14-9-7-6-8-13(14)10-17/h6-9,12H,4-5,11H2,1-3H3. The summed E-state index contributed by atoms with van der Waals surface area (Å²) < 4.78 is 10.4. The largest absolute Gasteiger partial charge is 0.480 e. The van der Waals surface area contributed by atoms with Gasteiger partial charge in [-0.15, -0.1) is 0 Å². The number of benzene rings is 1. The normalized spacial score (nSPS) is 11.2. The lowest BCUT2D eigenvalue weighted by molar-refractivity contribution is -0.150. The average molecular weight is 304 g/mol. The van der Waals surface area contributed by atoms with Gasteiger partial charge in [0.2, 0.25) is 0 Å². The lowest BCUT2D eigenvalue weighted by Gasteiger charge is -2.24. The highest BCUT2D eigenvalue weighted by Crippen LogP contribution is 2.18. The Morgan fingerprint density at radius 3 is 2.59 bits per heavy atom. The molecule has 1 aromatic carbocycles. The van der Waals surface area contributed by atoms with Crippen molar-refractivity contribution in [1.82, 2.24) is 4.90 Å². The van der Waals surface area contributed by atoms with Gasteiger partial charge in [-0.3, -0.25) is 9.59 Å². The molecule has 22 heavy (non-hydrogen) atoms. The fraction of sp³-hybridized carbons (Fsp3) is 0.438. The Bertz CT molecular complexity index is 566. The molecule has 0 aliphatic rings. The van der Waals surface area contributed by atoms with Crippen LogP contribution in [-0.4, -0.2) is 42.6 Å². The number of likely N-dealkylation sites (N-methyl/N-ethyl adjacent to an activating group) is 1. The van der Waals surface area contributed by atoms with Crippen LogP contribution in [0.2, 0.25) is 0 Å². The van der Waals surface area contributed by atoms with E-state index in [0.29, 0.717) is 17.9 Å². The molecule has 1 unspecified atom stereocenters. The summed E-state index contributed by atoms with van der Waals surface area (Å²) >= 11 is 0. The molecule has 6 nitrogen and oxygen atoms in total. The molecule has 118 valence electrons. The van der Waals surface area contributed by atoms with Crippen molar-refractivity contribution in [2.45, 2.75) is 26.9 Å². The van der Waals surface area contributed by atoms with Crippen molar-refractivity contribution in [1.29, 1.82) is 5.26 Å². The van der Waals surface area contributed by atoms with Gasteiger partial charge in [-0.2, -0.15) is 5.26 Å². The summed E-state index contributed by atoms with van der Waals surface area (Å²) in [7, 11) is 0. The zero-order chi connectivity index (χ0) is 16.5. The first-order valence-corrected chi connectivity index (χ1v) is 7.13. The third kappa shape index (κ3) is 4.77. The van der Waals surface area contributed by atoms with Gasteiger partial charge in [0.15, 0.2) is 6.10 Å². The third-order valence-corrected chi connectivity index (χ3v) is 2.98. The van der Waals surface area contributed by atoms with Crippen LogP contribution in [0, 0.1) is 11.3 Å². The van der Waals surface area contributed by atoms with Gasteiger partial charge in [-0.1, -0.05) is 12.1 Å². The van der Waals surface area contributed by atoms with Crippen LogP contribution < -0.4 is 4.74 Å². The first kappa shape index (κ1) is 17.5. The molecule has 0 N–H and O–H groups in total. The quantitative estimate of drug-likeness (QED) is 0.717. The molecule has 0 bridgehead atoms. The van der Waals surface area contributed by atoms with Crippen molar-refractivity contribution >= 4 is 11.9 Å². The zero-order valence-electron chi connectivity index (χ0n) is 13.0. The van der Waals surface area contributed by atoms with Crippen molar-refractivity contribution < 1.29 is 19.1 Å². The van der Waals surface area contributed by atoms with E-state index in [9.17, 15) is 9.59 Å². The van der Waals surface area contributed by atoms with E-state index in [-0.39, 0.29) is 19.1 Å². The molecule has 0 spiro atoms. The van der Waals surface area contributed by atoms with Crippen LogP contribution in [0.25, 0.3) is 0 Å². The van der Waals surface area contributed by atoms with Gasteiger partial charge in [-0.25, -0.2) is 0 Å².